The van der Waals surface area contributed by atoms with Gasteiger partial charge in [-0.25, -0.2) is 4.79 Å². The first-order valence-corrected chi connectivity index (χ1v) is 5.91. The molecule has 0 aliphatic heterocycles. The Balaban J connectivity index is 2.65. The van der Waals surface area contributed by atoms with Crippen LogP contribution >= 0.6 is 0 Å². The summed E-state index contributed by atoms with van der Waals surface area (Å²) < 4.78 is 1.16. The summed E-state index contributed by atoms with van der Waals surface area (Å²) in [5.41, 5.74) is 6.05. The maximum absolute atomic E-state index is 12.1. The minimum atomic E-state index is -1.28. The number of carboxylic acids is 1. The standard InChI is InChI=1S/C13H15N3O3/c14-5-1-2-8-3-4-11-9(6-8)12(17)10(13(18)19)7-16(11)15/h3-4,6-7H,1-2,5,14-15H2,(H,18,19). The van der Waals surface area contributed by atoms with Crippen LogP contribution in [0.25, 0.3) is 10.9 Å². The minimum absolute atomic E-state index is 0.317. The predicted molar refractivity (Wildman–Crippen MR) is 72.7 cm³/mol. The average molecular weight is 261 g/mol. The Bertz CT molecular complexity index is 691. The SMILES string of the molecule is NCCCc1ccc2c(c1)c(=O)c(C(=O)O)cn2N. The number of hydrogen-bond donors (Lipinski definition) is 3. The number of carbonyl (C=O) groups is 1. The van der Waals surface area contributed by atoms with Gasteiger partial charge in [-0.2, -0.15) is 0 Å². The van der Waals surface area contributed by atoms with Gasteiger partial charge in [-0.3, -0.25) is 9.47 Å². The number of carboxylic acid groups (broad SMARTS) is 1. The van der Waals surface area contributed by atoms with E-state index in [1.807, 2.05) is 6.07 Å². The third-order valence-corrected chi connectivity index (χ3v) is 3.00. The van der Waals surface area contributed by atoms with Crippen molar-refractivity contribution >= 4 is 16.9 Å². The maximum Gasteiger partial charge on any atom is 0.341 e. The summed E-state index contributed by atoms with van der Waals surface area (Å²) in [7, 11) is 0. The Morgan fingerprint density at radius 3 is 2.74 bits per heavy atom. The first-order valence-electron chi connectivity index (χ1n) is 5.91. The maximum atomic E-state index is 12.1. The van der Waals surface area contributed by atoms with E-state index in [9.17, 15) is 9.59 Å². The average Bonchev–Trinajstić information content (AvgIpc) is 2.40. The van der Waals surface area contributed by atoms with E-state index >= 15 is 0 Å². The highest BCUT2D eigenvalue weighted by molar-refractivity contribution is 5.92. The second-order valence-corrected chi connectivity index (χ2v) is 4.33. The number of nitrogens with zero attached hydrogens (tertiary/aromatic N) is 1. The Morgan fingerprint density at radius 1 is 1.37 bits per heavy atom. The number of aromatic carboxylic acids is 1. The van der Waals surface area contributed by atoms with E-state index in [1.54, 1.807) is 12.1 Å². The van der Waals surface area contributed by atoms with Gasteiger partial charge in [0.05, 0.1) is 5.52 Å². The Kier molecular flexibility index (Phi) is 3.52. The molecule has 0 aliphatic carbocycles. The fraction of sp³-hybridized carbons (Fsp3) is 0.231. The quantitative estimate of drug-likeness (QED) is 0.685. The summed E-state index contributed by atoms with van der Waals surface area (Å²) in [5.74, 6) is 4.43. The molecule has 0 saturated carbocycles. The Morgan fingerprint density at radius 2 is 2.11 bits per heavy atom. The lowest BCUT2D eigenvalue weighted by Gasteiger charge is -2.08. The molecule has 0 fully saturated rings. The van der Waals surface area contributed by atoms with Gasteiger partial charge in [-0.15, -0.1) is 0 Å². The van der Waals surface area contributed by atoms with Crippen LogP contribution in [0.2, 0.25) is 0 Å². The van der Waals surface area contributed by atoms with E-state index in [0.717, 1.165) is 29.3 Å². The zero-order valence-electron chi connectivity index (χ0n) is 10.3. The van der Waals surface area contributed by atoms with Crippen LogP contribution in [0.1, 0.15) is 22.3 Å². The van der Waals surface area contributed by atoms with Gasteiger partial charge in [0.25, 0.3) is 0 Å². The molecule has 19 heavy (non-hydrogen) atoms. The molecule has 1 aromatic heterocycles. The lowest BCUT2D eigenvalue weighted by Crippen LogP contribution is -2.22. The molecular formula is C13H15N3O3. The summed E-state index contributed by atoms with van der Waals surface area (Å²) in [4.78, 5) is 23.1. The Hall–Kier alpha value is -2.34. The molecule has 2 rings (SSSR count). The first-order chi connectivity index (χ1) is 9.04. The predicted octanol–water partition coefficient (Wildman–Crippen LogP) is 0.305. The van der Waals surface area contributed by atoms with E-state index in [-0.39, 0.29) is 5.56 Å². The summed E-state index contributed by atoms with van der Waals surface area (Å²) in [6, 6.07) is 5.26. The molecule has 0 amide bonds. The third kappa shape index (κ3) is 2.43. The highest BCUT2D eigenvalue weighted by atomic mass is 16.4. The number of rotatable bonds is 4. The van der Waals surface area contributed by atoms with Gasteiger partial charge in [-0.1, -0.05) is 6.07 Å². The van der Waals surface area contributed by atoms with Crippen LogP contribution in [0.3, 0.4) is 0 Å². The van der Waals surface area contributed by atoms with Crippen LogP contribution in [0, 0.1) is 0 Å². The number of benzene rings is 1. The molecule has 1 aromatic carbocycles. The Labute approximate surface area is 109 Å². The minimum Gasteiger partial charge on any atom is -0.477 e. The molecule has 6 nitrogen and oxygen atoms in total. The molecule has 6 heteroatoms. The van der Waals surface area contributed by atoms with Crippen LogP contribution < -0.4 is 17.0 Å². The summed E-state index contributed by atoms with van der Waals surface area (Å²) in [6.45, 7) is 0.564. The van der Waals surface area contributed by atoms with Crippen molar-refractivity contribution < 1.29 is 9.90 Å². The fourth-order valence-corrected chi connectivity index (χ4v) is 2.02. The number of nitrogens with two attached hydrogens (primary N) is 2. The monoisotopic (exact) mass is 261 g/mol. The lowest BCUT2D eigenvalue weighted by atomic mass is 10.0. The number of pyridine rings is 1. The van der Waals surface area contributed by atoms with E-state index < -0.39 is 11.4 Å². The molecule has 0 aliphatic rings. The van der Waals surface area contributed by atoms with Crippen LogP contribution in [-0.2, 0) is 6.42 Å². The molecule has 0 unspecified atom stereocenters. The van der Waals surface area contributed by atoms with Crippen molar-refractivity contribution in [1.29, 1.82) is 0 Å². The number of aryl methyl sites for hydroxylation is 1. The number of nitrogen functional groups attached to an aromatic ring is 1. The molecule has 0 bridgehead atoms. The summed E-state index contributed by atoms with van der Waals surface area (Å²) >= 11 is 0. The van der Waals surface area contributed by atoms with Crippen molar-refractivity contribution in [2.45, 2.75) is 12.8 Å². The van der Waals surface area contributed by atoms with Crippen molar-refractivity contribution in [3.05, 3.63) is 45.7 Å². The molecular weight excluding hydrogens is 246 g/mol. The normalized spacial score (nSPS) is 10.8. The van der Waals surface area contributed by atoms with Crippen molar-refractivity contribution in [3.63, 3.8) is 0 Å². The van der Waals surface area contributed by atoms with Crippen molar-refractivity contribution in [1.82, 2.24) is 4.68 Å². The molecule has 0 spiro atoms. The van der Waals surface area contributed by atoms with E-state index in [2.05, 4.69) is 0 Å². The number of hydrogen-bond acceptors (Lipinski definition) is 4. The van der Waals surface area contributed by atoms with Gasteiger partial charge < -0.3 is 16.7 Å². The van der Waals surface area contributed by atoms with Crippen LogP contribution in [0.5, 0.6) is 0 Å². The lowest BCUT2D eigenvalue weighted by molar-refractivity contribution is 0.0695. The van der Waals surface area contributed by atoms with Gasteiger partial charge in [0.15, 0.2) is 0 Å². The van der Waals surface area contributed by atoms with Gasteiger partial charge in [0.2, 0.25) is 5.43 Å². The number of aromatic nitrogens is 1. The van der Waals surface area contributed by atoms with Crippen LogP contribution in [-0.4, -0.2) is 22.3 Å². The van der Waals surface area contributed by atoms with Crippen molar-refractivity contribution in [2.75, 3.05) is 12.4 Å². The van der Waals surface area contributed by atoms with Crippen LogP contribution in [0.4, 0.5) is 0 Å². The summed E-state index contributed by atoms with van der Waals surface area (Å²) in [6.07, 6.45) is 2.68. The zero-order valence-corrected chi connectivity index (χ0v) is 10.3. The second-order valence-electron chi connectivity index (χ2n) is 4.33. The van der Waals surface area contributed by atoms with Gasteiger partial charge in [0.1, 0.15) is 5.56 Å². The highest BCUT2D eigenvalue weighted by Crippen LogP contribution is 2.14. The van der Waals surface area contributed by atoms with E-state index in [4.69, 9.17) is 16.7 Å². The van der Waals surface area contributed by atoms with E-state index in [1.165, 1.54) is 0 Å². The smallest absolute Gasteiger partial charge is 0.341 e. The van der Waals surface area contributed by atoms with E-state index in [0.29, 0.717) is 17.4 Å². The highest BCUT2D eigenvalue weighted by Gasteiger charge is 2.13. The first kappa shape index (κ1) is 13.1. The third-order valence-electron chi connectivity index (χ3n) is 3.00. The molecule has 2 aromatic rings. The molecule has 100 valence electrons. The zero-order chi connectivity index (χ0) is 14.0. The van der Waals surface area contributed by atoms with Crippen molar-refractivity contribution in [3.8, 4) is 0 Å². The molecule has 1 heterocycles. The molecule has 0 radical (unpaired) electrons. The van der Waals surface area contributed by atoms with Crippen LogP contribution in [0.15, 0.2) is 29.2 Å². The molecule has 0 saturated heterocycles. The fourth-order valence-electron chi connectivity index (χ4n) is 2.02. The van der Waals surface area contributed by atoms with Gasteiger partial charge in [-0.05, 0) is 37.1 Å². The number of fused-ring (bicyclic) bond motifs is 1. The molecule has 5 N–H and O–H groups in total. The topological polar surface area (TPSA) is 111 Å². The second kappa shape index (κ2) is 5.11. The van der Waals surface area contributed by atoms with Gasteiger partial charge in [0, 0.05) is 11.6 Å². The largest absolute Gasteiger partial charge is 0.477 e. The van der Waals surface area contributed by atoms with Gasteiger partial charge >= 0.3 is 5.97 Å². The van der Waals surface area contributed by atoms with Crippen molar-refractivity contribution in [2.24, 2.45) is 5.73 Å². The molecule has 0 atom stereocenters. The summed E-state index contributed by atoms with van der Waals surface area (Å²) in [5, 5.41) is 9.29.